The minimum absolute atomic E-state index is 0.392. The lowest BCUT2D eigenvalue weighted by atomic mass is 9.96. The fraction of sp³-hybridized carbons (Fsp3) is 1.00. The zero-order chi connectivity index (χ0) is 7.82. The summed E-state index contributed by atoms with van der Waals surface area (Å²) in [5.74, 6) is 0. The zero-order valence-corrected chi connectivity index (χ0v) is 7.06. The fourth-order valence-corrected chi connectivity index (χ4v) is 1.23. The van der Waals surface area contributed by atoms with E-state index in [9.17, 15) is 0 Å². The summed E-state index contributed by atoms with van der Waals surface area (Å²) in [6, 6.07) is 0.392. The number of hydroxylamine groups is 1. The first kappa shape index (κ1) is 9.92. The molecule has 0 aliphatic heterocycles. The number of hydrogen-bond donors (Lipinski definition) is 2. The Bertz CT molecular complexity index is 60.3. The van der Waals surface area contributed by atoms with Crippen LogP contribution in [0.5, 0.6) is 0 Å². The molecule has 0 atom stereocenters. The van der Waals surface area contributed by atoms with E-state index in [2.05, 4.69) is 5.48 Å². The normalized spacial score (nSPS) is 19.5. The van der Waals surface area contributed by atoms with Gasteiger partial charge in [-0.3, -0.25) is 0 Å². The molecule has 2 heteroatoms. The maximum absolute atomic E-state index is 8.44. The Balaban J connectivity index is 0.000000371. The maximum Gasteiger partial charge on any atom is 0.0319 e. The van der Waals surface area contributed by atoms with Gasteiger partial charge in [0.2, 0.25) is 0 Å². The Morgan fingerprint density at radius 1 is 1.10 bits per heavy atom. The Morgan fingerprint density at radius 2 is 1.60 bits per heavy atom. The van der Waals surface area contributed by atoms with E-state index in [1.807, 2.05) is 13.8 Å². The van der Waals surface area contributed by atoms with Crippen LogP contribution in [0.15, 0.2) is 0 Å². The fourth-order valence-electron chi connectivity index (χ4n) is 1.23. The molecule has 0 aromatic carbocycles. The molecule has 1 aliphatic carbocycles. The van der Waals surface area contributed by atoms with E-state index in [4.69, 9.17) is 5.21 Å². The predicted octanol–water partition coefficient (Wildman–Crippen LogP) is 2.32. The van der Waals surface area contributed by atoms with Crippen molar-refractivity contribution in [2.24, 2.45) is 0 Å². The Labute approximate surface area is 63.6 Å². The summed E-state index contributed by atoms with van der Waals surface area (Å²) in [5, 5.41) is 8.44. The summed E-state index contributed by atoms with van der Waals surface area (Å²) in [5.41, 5.74) is 2.30. The maximum atomic E-state index is 8.44. The summed E-state index contributed by atoms with van der Waals surface area (Å²) >= 11 is 0. The molecule has 0 amide bonds. The Kier molecular flexibility index (Phi) is 6.98. The first-order chi connectivity index (χ1) is 4.93. The van der Waals surface area contributed by atoms with E-state index in [0.29, 0.717) is 6.04 Å². The van der Waals surface area contributed by atoms with Crippen LogP contribution in [-0.4, -0.2) is 11.2 Å². The van der Waals surface area contributed by atoms with E-state index in [1.165, 1.54) is 19.3 Å². The van der Waals surface area contributed by atoms with Crippen LogP contribution in [0.1, 0.15) is 46.0 Å². The summed E-state index contributed by atoms with van der Waals surface area (Å²) in [6.45, 7) is 4.00. The van der Waals surface area contributed by atoms with E-state index in [1.54, 1.807) is 0 Å². The number of nitrogens with one attached hydrogen (secondary N) is 1. The molecule has 0 bridgehead atoms. The summed E-state index contributed by atoms with van der Waals surface area (Å²) in [4.78, 5) is 0. The van der Waals surface area contributed by atoms with Gasteiger partial charge < -0.3 is 5.21 Å². The van der Waals surface area contributed by atoms with E-state index >= 15 is 0 Å². The molecule has 2 N–H and O–H groups in total. The third-order valence-electron chi connectivity index (χ3n) is 1.79. The first-order valence-electron chi connectivity index (χ1n) is 4.33. The van der Waals surface area contributed by atoms with Crippen molar-refractivity contribution in [1.29, 1.82) is 0 Å². The number of rotatable bonds is 1. The Hall–Kier alpha value is -0.0800. The van der Waals surface area contributed by atoms with Crippen LogP contribution >= 0.6 is 0 Å². The molecule has 10 heavy (non-hydrogen) atoms. The van der Waals surface area contributed by atoms with Gasteiger partial charge in [-0.15, -0.1) is 0 Å². The molecule has 0 unspecified atom stereocenters. The van der Waals surface area contributed by atoms with Crippen molar-refractivity contribution in [3.8, 4) is 0 Å². The van der Waals surface area contributed by atoms with Gasteiger partial charge in [-0.2, -0.15) is 0 Å². The largest absolute Gasteiger partial charge is 0.317 e. The van der Waals surface area contributed by atoms with Crippen LogP contribution in [0.3, 0.4) is 0 Å². The van der Waals surface area contributed by atoms with Crippen LogP contribution in [0.2, 0.25) is 0 Å². The highest BCUT2D eigenvalue weighted by Crippen LogP contribution is 2.16. The SMILES string of the molecule is CC.ONC1CCCCC1. The van der Waals surface area contributed by atoms with E-state index in [-0.39, 0.29) is 0 Å². The van der Waals surface area contributed by atoms with Gasteiger partial charge in [0.25, 0.3) is 0 Å². The standard InChI is InChI=1S/C6H13NO.C2H6/c8-7-6-4-2-1-3-5-6;1-2/h6-8H,1-5H2;1-2H3. The molecule has 0 spiro atoms. The van der Waals surface area contributed by atoms with Crippen molar-refractivity contribution < 1.29 is 5.21 Å². The molecule has 0 aromatic rings. The summed E-state index contributed by atoms with van der Waals surface area (Å²) < 4.78 is 0. The molecule has 0 saturated heterocycles. The van der Waals surface area contributed by atoms with Crippen molar-refractivity contribution in [3.05, 3.63) is 0 Å². The first-order valence-corrected chi connectivity index (χ1v) is 4.33. The Morgan fingerprint density at radius 3 is 1.90 bits per heavy atom. The average Bonchev–Trinajstić information content (AvgIpc) is 2.10. The van der Waals surface area contributed by atoms with Crippen LogP contribution in [-0.2, 0) is 0 Å². The van der Waals surface area contributed by atoms with Gasteiger partial charge in [-0.25, -0.2) is 5.48 Å². The minimum atomic E-state index is 0.392. The van der Waals surface area contributed by atoms with E-state index < -0.39 is 0 Å². The second-order valence-electron chi connectivity index (χ2n) is 2.46. The summed E-state index contributed by atoms with van der Waals surface area (Å²) in [7, 11) is 0. The van der Waals surface area contributed by atoms with Crippen molar-refractivity contribution in [2.75, 3.05) is 0 Å². The summed E-state index contributed by atoms with van der Waals surface area (Å²) in [6.07, 6.45) is 6.20. The van der Waals surface area contributed by atoms with Gasteiger partial charge in [0.1, 0.15) is 0 Å². The zero-order valence-electron chi connectivity index (χ0n) is 7.06. The van der Waals surface area contributed by atoms with Gasteiger partial charge in [0, 0.05) is 6.04 Å². The lowest BCUT2D eigenvalue weighted by molar-refractivity contribution is 0.107. The smallest absolute Gasteiger partial charge is 0.0319 e. The molecular weight excluding hydrogens is 126 g/mol. The van der Waals surface area contributed by atoms with Gasteiger partial charge >= 0.3 is 0 Å². The van der Waals surface area contributed by atoms with Crippen LogP contribution in [0.25, 0.3) is 0 Å². The lowest BCUT2D eigenvalue weighted by Crippen LogP contribution is -2.27. The third-order valence-corrected chi connectivity index (χ3v) is 1.79. The highest BCUT2D eigenvalue weighted by molar-refractivity contribution is 4.67. The molecule has 1 saturated carbocycles. The topological polar surface area (TPSA) is 32.3 Å². The molecule has 0 heterocycles. The van der Waals surface area contributed by atoms with Gasteiger partial charge in [0.15, 0.2) is 0 Å². The quantitative estimate of drug-likeness (QED) is 0.555. The van der Waals surface area contributed by atoms with Crippen molar-refractivity contribution in [1.82, 2.24) is 5.48 Å². The lowest BCUT2D eigenvalue weighted by Gasteiger charge is -2.18. The highest BCUT2D eigenvalue weighted by atomic mass is 16.5. The van der Waals surface area contributed by atoms with Gasteiger partial charge in [0.05, 0.1) is 0 Å². The predicted molar refractivity (Wildman–Crippen MR) is 43.1 cm³/mol. The minimum Gasteiger partial charge on any atom is -0.317 e. The third kappa shape index (κ3) is 3.85. The second-order valence-corrected chi connectivity index (χ2v) is 2.46. The van der Waals surface area contributed by atoms with Crippen LogP contribution in [0, 0.1) is 0 Å². The second kappa shape index (κ2) is 7.03. The highest BCUT2D eigenvalue weighted by Gasteiger charge is 2.10. The molecule has 1 rings (SSSR count). The van der Waals surface area contributed by atoms with Crippen LogP contribution < -0.4 is 5.48 Å². The monoisotopic (exact) mass is 145 g/mol. The number of hydrogen-bond acceptors (Lipinski definition) is 2. The molecule has 0 aromatic heterocycles. The van der Waals surface area contributed by atoms with Gasteiger partial charge in [-0.1, -0.05) is 33.1 Å². The van der Waals surface area contributed by atoms with Gasteiger partial charge in [-0.05, 0) is 12.8 Å². The molecule has 2 nitrogen and oxygen atoms in total. The van der Waals surface area contributed by atoms with Crippen molar-refractivity contribution >= 4 is 0 Å². The molecule has 62 valence electrons. The average molecular weight is 145 g/mol. The molecule has 1 aliphatic rings. The van der Waals surface area contributed by atoms with E-state index in [0.717, 1.165) is 12.8 Å². The molecule has 0 radical (unpaired) electrons. The molecular formula is C8H19NO. The van der Waals surface area contributed by atoms with Crippen LogP contribution in [0.4, 0.5) is 0 Å². The molecule has 1 fully saturated rings. The van der Waals surface area contributed by atoms with Crippen molar-refractivity contribution in [3.63, 3.8) is 0 Å². The van der Waals surface area contributed by atoms with Crippen molar-refractivity contribution in [2.45, 2.75) is 52.0 Å².